The number of methoxy groups -OCH3 is 2. The van der Waals surface area contributed by atoms with E-state index in [1.165, 1.54) is 33.4 Å². The predicted molar refractivity (Wildman–Crippen MR) is 242 cm³/mol. The van der Waals surface area contributed by atoms with Gasteiger partial charge in [0.2, 0.25) is 0 Å². The van der Waals surface area contributed by atoms with Gasteiger partial charge < -0.3 is 0 Å². The van der Waals surface area contributed by atoms with E-state index in [-0.39, 0.29) is 7.25 Å². The summed E-state index contributed by atoms with van der Waals surface area (Å²) in [4.78, 5) is 0. The van der Waals surface area contributed by atoms with Gasteiger partial charge in [0, 0.05) is 0 Å². The molecule has 2 aliphatic rings. The average Bonchev–Trinajstić information content (AvgIpc) is 3.99. The van der Waals surface area contributed by atoms with Crippen LogP contribution in [0, 0.1) is 27.7 Å². The van der Waals surface area contributed by atoms with Crippen molar-refractivity contribution in [2.24, 2.45) is 0 Å². The molecule has 2 heterocycles. The minimum absolute atomic E-state index is 0.272. The summed E-state index contributed by atoms with van der Waals surface area (Å²) in [6.07, 6.45) is 6.45. The molecule has 2 atom stereocenters. The average molecular weight is 907 g/mol. The molecule has 2 aromatic heterocycles. The van der Waals surface area contributed by atoms with E-state index in [0.717, 1.165) is 91.9 Å². The van der Waals surface area contributed by atoms with Crippen molar-refractivity contribution in [2.45, 2.75) is 74.7 Å². The fraction of sp³-hybridized carbons (Fsp3) is 0.280. The molecule has 8 rings (SSSR count). The van der Waals surface area contributed by atoms with Gasteiger partial charge in [-0.05, 0) is 0 Å². The number of furan rings is 2. The number of halogens is 2. The zero-order valence-electron chi connectivity index (χ0n) is 35.2. The number of allylic oxidation sites excluding steroid dienone is 2. The van der Waals surface area contributed by atoms with Gasteiger partial charge in [-0.15, -0.1) is 0 Å². The second-order valence-electron chi connectivity index (χ2n) is 16.3. The van der Waals surface area contributed by atoms with Crippen LogP contribution in [0.1, 0.15) is 88.6 Å². The monoisotopic (exact) mass is 904 g/mol. The zero-order chi connectivity index (χ0) is 41.3. The molecule has 0 aliphatic heterocycles. The van der Waals surface area contributed by atoms with E-state index in [9.17, 15) is 0 Å². The number of fused-ring (bicyclic) bond motifs is 2. The van der Waals surface area contributed by atoms with Crippen LogP contribution >= 0.6 is 17.0 Å². The zero-order valence-corrected chi connectivity index (χ0v) is 40.2. The Morgan fingerprint density at radius 3 is 1.34 bits per heavy atom. The van der Waals surface area contributed by atoms with E-state index in [0.29, 0.717) is 0 Å². The van der Waals surface area contributed by atoms with E-state index in [2.05, 4.69) is 126 Å². The Morgan fingerprint density at radius 2 is 1.02 bits per heavy atom. The number of ether oxygens (including phenoxy) is 2. The molecule has 0 fully saturated rings. The summed E-state index contributed by atoms with van der Waals surface area (Å²) in [6, 6.07) is 30.4. The van der Waals surface area contributed by atoms with Crippen molar-refractivity contribution < 1.29 is 33.3 Å². The summed E-state index contributed by atoms with van der Waals surface area (Å²) in [5, 5.41) is 0. The van der Waals surface area contributed by atoms with Crippen molar-refractivity contribution in [2.75, 3.05) is 14.2 Å². The molecular weight excluding hydrogens is 855 g/mol. The van der Waals surface area contributed by atoms with Crippen LogP contribution in [0.3, 0.4) is 0 Å². The third kappa shape index (κ3) is 6.40. The topological polar surface area (TPSA) is 44.7 Å². The summed E-state index contributed by atoms with van der Waals surface area (Å²) in [5.41, 5.74) is 14.7. The van der Waals surface area contributed by atoms with Crippen molar-refractivity contribution in [3.8, 4) is 33.8 Å². The number of benzene rings is 4. The van der Waals surface area contributed by atoms with Crippen LogP contribution in [-0.2, 0) is 27.9 Å². The molecule has 0 spiro atoms. The Labute approximate surface area is 351 Å². The predicted octanol–water partition coefficient (Wildman–Crippen LogP) is 14.7. The van der Waals surface area contributed by atoms with E-state index < -0.39 is 20.4 Å². The van der Waals surface area contributed by atoms with Crippen LogP contribution in [0.4, 0.5) is 0 Å². The summed E-state index contributed by atoms with van der Waals surface area (Å²) in [7, 11) is 21.5. The number of hydrogen-bond donors (Lipinski definition) is 0. The number of aryl methyl sites for hydroxylation is 6. The van der Waals surface area contributed by atoms with Gasteiger partial charge in [-0.3, -0.25) is 0 Å². The summed E-state index contributed by atoms with van der Waals surface area (Å²) >= 11 is -5.48. The van der Waals surface area contributed by atoms with Crippen molar-refractivity contribution in [3.05, 3.63) is 152 Å². The van der Waals surface area contributed by atoms with Gasteiger partial charge in [0.15, 0.2) is 0 Å². The Balaban J connectivity index is 1.48. The van der Waals surface area contributed by atoms with Crippen LogP contribution in [0.2, 0.25) is 13.1 Å². The molecule has 298 valence electrons. The second kappa shape index (κ2) is 15.3. The molecule has 4 aromatic carbocycles. The van der Waals surface area contributed by atoms with Gasteiger partial charge in [0.1, 0.15) is 0 Å². The molecule has 0 saturated carbocycles. The first-order valence-corrected chi connectivity index (χ1v) is 35.7. The van der Waals surface area contributed by atoms with E-state index in [1.54, 1.807) is 14.2 Å². The summed E-state index contributed by atoms with van der Waals surface area (Å²) < 4.78 is 24.4. The Kier molecular flexibility index (Phi) is 10.8. The fourth-order valence-electron chi connectivity index (χ4n) is 9.56. The van der Waals surface area contributed by atoms with Crippen LogP contribution in [0.15, 0.2) is 93.8 Å². The quantitative estimate of drug-likeness (QED) is 0.129. The van der Waals surface area contributed by atoms with Crippen LogP contribution in [-0.4, -0.2) is 19.7 Å². The van der Waals surface area contributed by atoms with E-state index >= 15 is 0 Å². The first-order chi connectivity index (χ1) is 27.7. The molecule has 0 radical (unpaired) electrons. The summed E-state index contributed by atoms with van der Waals surface area (Å²) in [5.74, 6) is 5.10. The molecule has 0 saturated heterocycles. The first-order valence-electron chi connectivity index (χ1n) is 20.3. The molecule has 8 heteroatoms. The Hall–Kier alpha value is -3.80. The number of hydrogen-bond acceptors (Lipinski definition) is 4. The van der Waals surface area contributed by atoms with Crippen LogP contribution in [0.5, 0.6) is 11.5 Å². The van der Waals surface area contributed by atoms with E-state index in [4.69, 9.17) is 35.3 Å². The fourth-order valence-corrected chi connectivity index (χ4v) is 37.2. The molecule has 0 amide bonds. The second-order valence-corrected chi connectivity index (χ2v) is 55.1. The molecule has 4 nitrogen and oxygen atoms in total. The van der Waals surface area contributed by atoms with E-state index in [1.807, 2.05) is 26.0 Å². The minimum atomic E-state index is -5.48. The maximum atomic E-state index is 9.03. The maximum absolute atomic E-state index is 9.03. The van der Waals surface area contributed by atoms with Gasteiger partial charge >= 0.3 is 354 Å². The normalized spacial score (nSPS) is 16.2. The first kappa shape index (κ1) is 41.0. The Bertz CT molecular complexity index is 2560. The van der Waals surface area contributed by atoms with Crippen molar-refractivity contribution in [1.82, 2.24) is 0 Å². The molecular formula is C50H52Cl2O4SiZr. The van der Waals surface area contributed by atoms with Crippen molar-refractivity contribution >= 4 is 45.8 Å². The van der Waals surface area contributed by atoms with Crippen molar-refractivity contribution in [1.29, 1.82) is 0 Å². The molecule has 0 N–H and O–H groups in total. The van der Waals surface area contributed by atoms with Gasteiger partial charge in [-0.2, -0.15) is 0 Å². The van der Waals surface area contributed by atoms with Crippen LogP contribution in [0.25, 0.3) is 45.6 Å². The third-order valence-electron chi connectivity index (χ3n) is 13.0. The molecule has 6 aromatic rings. The SMILES string of the molecule is CCc1ccc2c(c1-c1cccc(OC)c1)C=C(c1cc(C)c(C)o1)[CH]2[Zr]([Cl])([Cl])([CH]1C(c2cc(C)c(C)o2)=Cc2c1ccc(CC)c2-c1cccc(OC)c1)=[Si](C)C. The standard InChI is InChI=1S/2C24H23O2.C2H6Si.2ClH.Zr/c2*1-5-17-9-10-18-12-20(23-11-15(2)16(3)26-23)14-22(18)24(17)19-7-6-8-21(13-19)25-4;1-3-2;;;/h2*6-14H,5H2,1-4H3;1-2H3;2*1H;/q;;;;;+2/p-2. The van der Waals surface area contributed by atoms with Crippen LogP contribution < -0.4 is 9.47 Å². The number of rotatable bonds is 10. The van der Waals surface area contributed by atoms with Crippen molar-refractivity contribution in [3.63, 3.8) is 0 Å². The van der Waals surface area contributed by atoms with Gasteiger partial charge in [-0.1, -0.05) is 0 Å². The van der Waals surface area contributed by atoms with Gasteiger partial charge in [0.25, 0.3) is 0 Å². The molecule has 2 unspecified atom stereocenters. The van der Waals surface area contributed by atoms with Gasteiger partial charge in [-0.25, -0.2) is 0 Å². The van der Waals surface area contributed by atoms with Gasteiger partial charge in [0.05, 0.1) is 0 Å². The summed E-state index contributed by atoms with van der Waals surface area (Å²) in [6.45, 7) is 17.4. The molecule has 0 bridgehead atoms. The molecule has 58 heavy (non-hydrogen) atoms. The third-order valence-corrected chi connectivity index (χ3v) is 59.2. The Morgan fingerprint density at radius 1 is 0.603 bits per heavy atom. The molecule has 2 aliphatic carbocycles.